The molecule has 0 aliphatic rings. The van der Waals surface area contributed by atoms with Crippen LogP contribution in [-0.2, 0) is 6.54 Å². The average Bonchev–Trinajstić information content (AvgIpc) is 3.06. The van der Waals surface area contributed by atoms with Gasteiger partial charge in [-0.15, -0.1) is 0 Å². The predicted molar refractivity (Wildman–Crippen MR) is 103 cm³/mol. The van der Waals surface area contributed by atoms with Gasteiger partial charge in [0.1, 0.15) is 4.88 Å². The third kappa shape index (κ3) is 6.10. The molecule has 6 nitrogen and oxygen atoms in total. The van der Waals surface area contributed by atoms with Crippen molar-refractivity contribution in [2.24, 2.45) is 0 Å². The first-order valence-corrected chi connectivity index (χ1v) is 9.41. The second-order valence-corrected chi connectivity index (χ2v) is 7.46. The smallest absolute Gasteiger partial charge is 0.263 e. The number of hydrogen-bond donors (Lipinski definition) is 2. The van der Waals surface area contributed by atoms with Gasteiger partial charge in [-0.1, -0.05) is 17.4 Å². The van der Waals surface area contributed by atoms with Crippen molar-refractivity contribution in [2.75, 3.05) is 18.4 Å². The predicted octanol–water partition coefficient (Wildman–Crippen LogP) is 3.00. The van der Waals surface area contributed by atoms with Crippen LogP contribution in [0.25, 0.3) is 0 Å². The van der Waals surface area contributed by atoms with Crippen LogP contribution in [0.1, 0.15) is 42.9 Å². The highest BCUT2D eigenvalue weighted by Crippen LogP contribution is 2.18. The number of hydrogen-bond acceptors (Lipinski definition) is 6. The highest BCUT2D eigenvalue weighted by Gasteiger charge is 2.14. The largest absolute Gasteiger partial charge is 0.357 e. The summed E-state index contributed by atoms with van der Waals surface area (Å²) in [6.45, 7) is 10.8. The molecule has 0 saturated carbocycles. The SMILES string of the molecule is CC(C)N(CCNC(=O)c1cnc(NCc2cccnc2)s1)C(C)C. The number of rotatable bonds is 9. The number of thiazole rings is 1. The van der Waals surface area contributed by atoms with E-state index < -0.39 is 0 Å². The number of pyridine rings is 1. The van der Waals surface area contributed by atoms with E-state index in [4.69, 9.17) is 0 Å². The third-order valence-corrected chi connectivity index (χ3v) is 4.83. The van der Waals surface area contributed by atoms with Gasteiger partial charge in [-0.05, 0) is 39.3 Å². The normalized spacial score (nSPS) is 11.3. The van der Waals surface area contributed by atoms with Gasteiger partial charge in [0.15, 0.2) is 5.13 Å². The molecule has 2 rings (SSSR count). The van der Waals surface area contributed by atoms with E-state index in [0.29, 0.717) is 30.1 Å². The molecule has 136 valence electrons. The lowest BCUT2D eigenvalue weighted by Gasteiger charge is -2.30. The van der Waals surface area contributed by atoms with E-state index in [1.54, 1.807) is 12.4 Å². The van der Waals surface area contributed by atoms with E-state index in [1.165, 1.54) is 11.3 Å². The molecular weight excluding hydrogens is 334 g/mol. The molecule has 0 spiro atoms. The maximum absolute atomic E-state index is 12.3. The van der Waals surface area contributed by atoms with Crippen molar-refractivity contribution in [2.45, 2.75) is 46.3 Å². The Morgan fingerprint density at radius 3 is 2.64 bits per heavy atom. The zero-order valence-corrected chi connectivity index (χ0v) is 16.1. The van der Waals surface area contributed by atoms with Crippen LogP contribution in [0.15, 0.2) is 30.7 Å². The van der Waals surface area contributed by atoms with Crippen molar-refractivity contribution in [3.63, 3.8) is 0 Å². The number of aromatic nitrogens is 2. The van der Waals surface area contributed by atoms with Crippen LogP contribution < -0.4 is 10.6 Å². The molecule has 0 aromatic carbocycles. The number of carbonyl (C=O) groups excluding carboxylic acids is 1. The molecular formula is C18H27N5OS. The lowest BCUT2D eigenvalue weighted by Crippen LogP contribution is -2.42. The summed E-state index contributed by atoms with van der Waals surface area (Å²) in [4.78, 5) is 23.6. The Balaban J connectivity index is 1.79. The van der Waals surface area contributed by atoms with Gasteiger partial charge in [-0.25, -0.2) is 4.98 Å². The number of amides is 1. The van der Waals surface area contributed by atoms with Gasteiger partial charge in [-0.2, -0.15) is 0 Å². The van der Waals surface area contributed by atoms with Crippen molar-refractivity contribution < 1.29 is 4.79 Å². The molecule has 2 N–H and O–H groups in total. The number of nitrogens with one attached hydrogen (secondary N) is 2. The summed E-state index contributed by atoms with van der Waals surface area (Å²) in [5, 5.41) is 6.93. The van der Waals surface area contributed by atoms with Gasteiger partial charge in [0.2, 0.25) is 0 Å². The van der Waals surface area contributed by atoms with E-state index in [1.807, 2.05) is 18.3 Å². The van der Waals surface area contributed by atoms with Crippen molar-refractivity contribution in [1.82, 2.24) is 20.2 Å². The summed E-state index contributed by atoms with van der Waals surface area (Å²) < 4.78 is 0. The van der Waals surface area contributed by atoms with Crippen molar-refractivity contribution >= 4 is 22.4 Å². The molecule has 0 aliphatic carbocycles. The fourth-order valence-corrected chi connectivity index (χ4v) is 3.37. The zero-order valence-electron chi connectivity index (χ0n) is 15.3. The Morgan fingerprint density at radius 2 is 2.00 bits per heavy atom. The minimum Gasteiger partial charge on any atom is -0.357 e. The highest BCUT2D eigenvalue weighted by molar-refractivity contribution is 7.17. The molecule has 0 aliphatic heterocycles. The first kappa shape index (κ1) is 19.3. The van der Waals surface area contributed by atoms with Gasteiger partial charge < -0.3 is 10.6 Å². The molecule has 2 aromatic heterocycles. The van der Waals surface area contributed by atoms with Crippen molar-refractivity contribution in [1.29, 1.82) is 0 Å². The molecule has 25 heavy (non-hydrogen) atoms. The quantitative estimate of drug-likeness (QED) is 0.718. The highest BCUT2D eigenvalue weighted by atomic mass is 32.1. The first-order chi connectivity index (χ1) is 12.0. The van der Waals surface area contributed by atoms with Crippen LogP contribution in [0.3, 0.4) is 0 Å². The first-order valence-electron chi connectivity index (χ1n) is 8.60. The number of anilines is 1. The number of carbonyl (C=O) groups is 1. The van der Waals surface area contributed by atoms with Gasteiger partial charge in [0.25, 0.3) is 5.91 Å². The van der Waals surface area contributed by atoms with Crippen LogP contribution in [0.5, 0.6) is 0 Å². The fourth-order valence-electron chi connectivity index (χ4n) is 2.64. The Labute approximate surface area is 153 Å². The zero-order chi connectivity index (χ0) is 18.2. The van der Waals surface area contributed by atoms with Gasteiger partial charge in [0, 0.05) is 44.1 Å². The molecule has 0 fully saturated rings. The molecule has 0 bridgehead atoms. The van der Waals surface area contributed by atoms with Crippen molar-refractivity contribution in [3.05, 3.63) is 41.2 Å². The second kappa shape index (κ2) is 9.48. The lowest BCUT2D eigenvalue weighted by molar-refractivity contribution is 0.0943. The van der Waals surface area contributed by atoms with E-state index >= 15 is 0 Å². The van der Waals surface area contributed by atoms with Crippen molar-refractivity contribution in [3.8, 4) is 0 Å². The molecule has 0 unspecified atom stereocenters. The van der Waals surface area contributed by atoms with Crippen LogP contribution in [0.2, 0.25) is 0 Å². The maximum atomic E-state index is 12.3. The summed E-state index contributed by atoms with van der Waals surface area (Å²) >= 11 is 1.36. The molecule has 2 aromatic rings. The fraction of sp³-hybridized carbons (Fsp3) is 0.500. The summed E-state index contributed by atoms with van der Waals surface area (Å²) in [6.07, 6.45) is 5.17. The summed E-state index contributed by atoms with van der Waals surface area (Å²) in [5.74, 6) is -0.0700. The summed E-state index contributed by atoms with van der Waals surface area (Å²) in [6, 6.07) is 4.82. The van der Waals surface area contributed by atoms with E-state index in [9.17, 15) is 4.79 Å². The molecule has 0 radical (unpaired) electrons. The van der Waals surface area contributed by atoms with Crippen LogP contribution >= 0.6 is 11.3 Å². The van der Waals surface area contributed by atoms with E-state index in [0.717, 1.165) is 17.2 Å². The summed E-state index contributed by atoms with van der Waals surface area (Å²) in [5.41, 5.74) is 1.08. The molecule has 0 atom stereocenters. The monoisotopic (exact) mass is 361 g/mol. The standard InChI is InChI=1S/C18H27N5OS/c1-13(2)23(14(3)4)9-8-20-17(24)16-12-22-18(25-16)21-11-15-6-5-7-19-10-15/h5-7,10,12-14H,8-9,11H2,1-4H3,(H,20,24)(H,21,22). The molecule has 2 heterocycles. The molecule has 0 saturated heterocycles. The van der Waals surface area contributed by atoms with Gasteiger partial charge in [-0.3, -0.25) is 14.7 Å². The van der Waals surface area contributed by atoms with E-state index in [2.05, 4.69) is 53.2 Å². The van der Waals surface area contributed by atoms with Gasteiger partial charge >= 0.3 is 0 Å². The van der Waals surface area contributed by atoms with Crippen LogP contribution in [-0.4, -0.2) is 45.9 Å². The Morgan fingerprint density at radius 1 is 1.24 bits per heavy atom. The summed E-state index contributed by atoms with van der Waals surface area (Å²) in [7, 11) is 0. The number of nitrogens with zero attached hydrogens (tertiary/aromatic N) is 3. The topological polar surface area (TPSA) is 70.2 Å². The Kier molecular flexibility index (Phi) is 7.33. The second-order valence-electron chi connectivity index (χ2n) is 6.43. The van der Waals surface area contributed by atoms with Gasteiger partial charge in [0.05, 0.1) is 6.20 Å². The lowest BCUT2D eigenvalue weighted by atomic mass is 10.2. The maximum Gasteiger partial charge on any atom is 0.263 e. The minimum absolute atomic E-state index is 0.0700. The molecule has 7 heteroatoms. The third-order valence-electron chi connectivity index (χ3n) is 3.88. The Hall–Kier alpha value is -1.99. The van der Waals surface area contributed by atoms with E-state index in [-0.39, 0.29) is 5.91 Å². The minimum atomic E-state index is -0.0700. The van der Waals surface area contributed by atoms with Crippen LogP contribution in [0, 0.1) is 0 Å². The molecule has 1 amide bonds. The average molecular weight is 362 g/mol. The van der Waals surface area contributed by atoms with Crippen LogP contribution in [0.4, 0.5) is 5.13 Å². The Bertz CT molecular complexity index is 648.